The van der Waals surface area contributed by atoms with Crippen molar-refractivity contribution in [3.63, 3.8) is 0 Å². The number of carbonyl (C=O) groups is 1. The molecule has 1 aromatic carbocycles. The molecule has 0 radical (unpaired) electrons. The summed E-state index contributed by atoms with van der Waals surface area (Å²) < 4.78 is 40.0. The number of fused-ring (bicyclic) bond motifs is 2. The molecule has 0 spiro atoms. The zero-order valence-corrected chi connectivity index (χ0v) is 24.7. The first kappa shape index (κ1) is 29.0. The highest BCUT2D eigenvalue weighted by Gasteiger charge is 2.18. The normalized spacial score (nSPS) is 11.9. The number of hydrogen-bond acceptors (Lipinski definition) is 9. The zero-order chi connectivity index (χ0) is 31.0. The minimum Gasteiger partial charge on any atom is -0.336 e. The summed E-state index contributed by atoms with van der Waals surface area (Å²) in [5, 5.41) is 10.3. The fourth-order valence-electron chi connectivity index (χ4n) is 4.72. The molecular formula is C29H27FN10O3S. The van der Waals surface area contributed by atoms with Crippen molar-refractivity contribution in [3.05, 3.63) is 72.4 Å². The first-order chi connectivity index (χ1) is 21.0. The number of hydrogen-bond donors (Lipinski definition) is 4. The van der Waals surface area contributed by atoms with Crippen LogP contribution in [0.3, 0.4) is 0 Å². The summed E-state index contributed by atoms with van der Waals surface area (Å²) in [7, 11) is 0.167. The van der Waals surface area contributed by atoms with Gasteiger partial charge in [0.2, 0.25) is 15.9 Å². The van der Waals surface area contributed by atoms with E-state index in [0.717, 1.165) is 6.26 Å². The summed E-state index contributed by atoms with van der Waals surface area (Å²) in [6.07, 6.45) is 5.85. The van der Waals surface area contributed by atoms with Crippen LogP contribution in [0.2, 0.25) is 0 Å². The molecule has 224 valence electrons. The van der Waals surface area contributed by atoms with E-state index in [-0.39, 0.29) is 19.0 Å². The maximum absolute atomic E-state index is 14.6. The number of carbonyl (C=O) groups excluding carboxylic acids is 1. The number of rotatable bonds is 9. The summed E-state index contributed by atoms with van der Waals surface area (Å²) in [4.78, 5) is 35.6. The smallest absolute Gasteiger partial charge is 0.238 e. The first-order valence-corrected chi connectivity index (χ1v) is 15.3. The fourth-order valence-corrected chi connectivity index (χ4v) is 5.15. The number of sulfonamides is 1. The standard InChI is InChI=1S/C29H27FN10O3S/c1-40(2)15-24(41)34-20-11-18(13-31-14-20)21-4-5-23-27(35-21)28(39-38-23)29-36-22-6-7-32-25(26(22)37-29)17-8-16(9-19(30)10-17)12-33-44(3,42)43/h4-11,13-14,33H,12,15H2,1-3H3,(H,34,41)(H,36,37)(H,38,39). The number of amides is 1. The topological polar surface area (TPSA) is 175 Å². The minimum absolute atomic E-state index is 0.0699. The van der Waals surface area contributed by atoms with Crippen molar-refractivity contribution in [2.75, 3.05) is 32.2 Å². The van der Waals surface area contributed by atoms with E-state index in [1.165, 1.54) is 12.1 Å². The lowest BCUT2D eigenvalue weighted by atomic mass is 10.1. The molecule has 0 unspecified atom stereocenters. The van der Waals surface area contributed by atoms with E-state index in [0.29, 0.717) is 67.4 Å². The fraction of sp³-hybridized carbons (Fsp3) is 0.172. The third kappa shape index (κ3) is 6.29. The lowest BCUT2D eigenvalue weighted by molar-refractivity contribution is -0.116. The Bertz CT molecular complexity index is 2140. The number of halogens is 1. The van der Waals surface area contributed by atoms with E-state index in [1.54, 1.807) is 41.7 Å². The van der Waals surface area contributed by atoms with Crippen LogP contribution in [0.5, 0.6) is 0 Å². The first-order valence-electron chi connectivity index (χ1n) is 13.4. The highest BCUT2D eigenvalue weighted by molar-refractivity contribution is 7.88. The summed E-state index contributed by atoms with van der Waals surface area (Å²) >= 11 is 0. The Morgan fingerprint density at radius 2 is 1.80 bits per heavy atom. The average molecular weight is 615 g/mol. The number of aromatic nitrogens is 7. The molecule has 44 heavy (non-hydrogen) atoms. The molecular weight excluding hydrogens is 587 g/mol. The van der Waals surface area contributed by atoms with Crippen LogP contribution in [-0.4, -0.2) is 81.2 Å². The number of benzene rings is 1. The van der Waals surface area contributed by atoms with Gasteiger partial charge >= 0.3 is 0 Å². The Morgan fingerprint density at radius 3 is 2.59 bits per heavy atom. The van der Waals surface area contributed by atoms with Gasteiger partial charge in [0.25, 0.3) is 0 Å². The number of imidazole rings is 1. The molecule has 5 aromatic heterocycles. The van der Waals surface area contributed by atoms with Crippen LogP contribution in [0.25, 0.3) is 56.1 Å². The number of likely N-dealkylation sites (N-methyl/N-ethyl adjacent to an activating group) is 1. The average Bonchev–Trinajstić information content (AvgIpc) is 3.59. The van der Waals surface area contributed by atoms with Crippen molar-refractivity contribution in [3.8, 4) is 34.0 Å². The molecule has 0 bridgehead atoms. The van der Waals surface area contributed by atoms with Crippen molar-refractivity contribution < 1.29 is 17.6 Å². The summed E-state index contributed by atoms with van der Waals surface area (Å²) in [5.41, 5.74) is 5.97. The Kier molecular flexibility index (Phi) is 7.59. The van der Waals surface area contributed by atoms with Crippen molar-refractivity contribution >= 4 is 43.7 Å². The van der Waals surface area contributed by atoms with Gasteiger partial charge in [0.1, 0.15) is 16.9 Å². The van der Waals surface area contributed by atoms with Crippen LogP contribution in [0.1, 0.15) is 5.56 Å². The quantitative estimate of drug-likeness (QED) is 0.190. The van der Waals surface area contributed by atoms with E-state index in [9.17, 15) is 17.6 Å². The highest BCUT2D eigenvalue weighted by atomic mass is 32.2. The molecule has 13 nitrogen and oxygen atoms in total. The van der Waals surface area contributed by atoms with Gasteiger partial charge in [-0.2, -0.15) is 5.10 Å². The second-order valence-electron chi connectivity index (χ2n) is 10.5. The SMILES string of the molecule is CN(C)CC(=O)Nc1cncc(-c2ccc3[nH]nc(-c4nc5c(-c6cc(F)cc(CNS(C)(=O)=O)c6)nccc5[nH]4)c3n2)c1. The molecule has 0 aliphatic heterocycles. The van der Waals surface area contributed by atoms with Gasteiger partial charge in [0.15, 0.2) is 11.5 Å². The van der Waals surface area contributed by atoms with Gasteiger partial charge in [-0.05, 0) is 62.1 Å². The predicted octanol–water partition coefficient (Wildman–Crippen LogP) is 3.31. The van der Waals surface area contributed by atoms with Gasteiger partial charge in [-0.3, -0.25) is 19.9 Å². The third-order valence-corrected chi connectivity index (χ3v) is 7.25. The van der Waals surface area contributed by atoms with Gasteiger partial charge in [0.05, 0.1) is 47.1 Å². The van der Waals surface area contributed by atoms with Crippen LogP contribution in [0.15, 0.2) is 61.1 Å². The van der Waals surface area contributed by atoms with Crippen molar-refractivity contribution in [2.45, 2.75) is 6.54 Å². The van der Waals surface area contributed by atoms with E-state index in [1.807, 2.05) is 26.2 Å². The predicted molar refractivity (Wildman–Crippen MR) is 164 cm³/mol. The Labute approximate surface area is 251 Å². The third-order valence-electron chi connectivity index (χ3n) is 6.58. The number of pyridine rings is 3. The van der Waals surface area contributed by atoms with E-state index in [2.05, 4.69) is 35.2 Å². The number of aromatic amines is 2. The van der Waals surface area contributed by atoms with Crippen molar-refractivity contribution in [1.29, 1.82) is 0 Å². The molecule has 0 fully saturated rings. The molecule has 6 rings (SSSR count). The second-order valence-corrected chi connectivity index (χ2v) is 12.3. The number of nitrogens with one attached hydrogen (secondary N) is 4. The summed E-state index contributed by atoms with van der Waals surface area (Å²) in [6.45, 7) is 0.168. The number of anilines is 1. The monoisotopic (exact) mass is 614 g/mol. The molecule has 0 saturated heterocycles. The van der Waals surface area contributed by atoms with Crippen LogP contribution in [0.4, 0.5) is 10.1 Å². The molecule has 15 heteroatoms. The van der Waals surface area contributed by atoms with Crippen LogP contribution in [-0.2, 0) is 21.4 Å². The molecule has 0 aliphatic rings. The van der Waals surface area contributed by atoms with Crippen LogP contribution >= 0.6 is 0 Å². The zero-order valence-electron chi connectivity index (χ0n) is 23.9. The largest absolute Gasteiger partial charge is 0.336 e. The Hall–Kier alpha value is -5.12. The maximum Gasteiger partial charge on any atom is 0.238 e. The van der Waals surface area contributed by atoms with E-state index in [4.69, 9.17) is 9.97 Å². The van der Waals surface area contributed by atoms with Gasteiger partial charge in [0, 0.05) is 30.1 Å². The van der Waals surface area contributed by atoms with Gasteiger partial charge in [-0.1, -0.05) is 0 Å². The molecule has 0 saturated carbocycles. The lowest BCUT2D eigenvalue weighted by Crippen LogP contribution is -2.27. The molecule has 0 aliphatic carbocycles. The molecule has 5 heterocycles. The molecule has 0 atom stereocenters. The van der Waals surface area contributed by atoms with Crippen molar-refractivity contribution in [1.82, 2.24) is 44.7 Å². The van der Waals surface area contributed by atoms with Crippen LogP contribution in [0, 0.1) is 5.82 Å². The van der Waals surface area contributed by atoms with Gasteiger partial charge in [-0.15, -0.1) is 0 Å². The molecule has 1 amide bonds. The number of H-pyrrole nitrogens is 2. The van der Waals surface area contributed by atoms with E-state index < -0.39 is 15.8 Å². The Morgan fingerprint density at radius 1 is 0.977 bits per heavy atom. The molecule has 4 N–H and O–H groups in total. The number of nitrogens with zero attached hydrogens (tertiary/aromatic N) is 6. The van der Waals surface area contributed by atoms with E-state index >= 15 is 0 Å². The minimum atomic E-state index is -3.46. The van der Waals surface area contributed by atoms with Gasteiger partial charge < -0.3 is 15.2 Å². The van der Waals surface area contributed by atoms with Crippen molar-refractivity contribution in [2.24, 2.45) is 0 Å². The summed E-state index contributed by atoms with van der Waals surface area (Å²) in [6, 6.07) is 11.5. The Balaban J connectivity index is 1.36. The summed E-state index contributed by atoms with van der Waals surface area (Å²) in [5.74, 6) is -0.273. The molecule has 6 aromatic rings. The lowest BCUT2D eigenvalue weighted by Gasteiger charge is -2.10. The van der Waals surface area contributed by atoms with Crippen LogP contribution < -0.4 is 10.0 Å². The van der Waals surface area contributed by atoms with Gasteiger partial charge in [-0.25, -0.2) is 27.5 Å². The maximum atomic E-state index is 14.6. The second kappa shape index (κ2) is 11.5. The highest BCUT2D eigenvalue weighted by Crippen LogP contribution is 2.31.